The van der Waals surface area contributed by atoms with Crippen LogP contribution in [-0.2, 0) is 0 Å². The van der Waals surface area contributed by atoms with Gasteiger partial charge in [0.15, 0.2) is 5.69 Å². The molecule has 1 amide bonds. The standard InChI is InChI=1S/C19H19N5O2/c1-12-18(19(26)21-14-8-7-13(10-14)11-25)22-23-24(12)17-6-2-5-16-15(17)4-3-9-20-16/h2-9,13-14,25H,10-11H2,1H3,(H,21,26)/t13-,14+/m0/s1. The van der Waals surface area contributed by atoms with Crippen LogP contribution >= 0.6 is 0 Å². The molecule has 2 N–H and O–H groups in total. The molecule has 2 aromatic heterocycles. The fraction of sp³-hybridized carbons (Fsp3) is 0.263. The van der Waals surface area contributed by atoms with Crippen LogP contribution in [0.5, 0.6) is 0 Å². The molecule has 1 aliphatic rings. The van der Waals surface area contributed by atoms with E-state index in [2.05, 4.69) is 20.6 Å². The largest absolute Gasteiger partial charge is 0.396 e. The number of hydrogen-bond acceptors (Lipinski definition) is 5. The summed E-state index contributed by atoms with van der Waals surface area (Å²) in [5, 5.41) is 21.4. The summed E-state index contributed by atoms with van der Waals surface area (Å²) in [7, 11) is 0. The average Bonchev–Trinajstić information content (AvgIpc) is 3.27. The molecule has 7 nitrogen and oxygen atoms in total. The van der Waals surface area contributed by atoms with Gasteiger partial charge in [0.25, 0.3) is 5.91 Å². The number of hydrogen-bond donors (Lipinski definition) is 2. The number of aliphatic hydroxyl groups excluding tert-OH is 1. The van der Waals surface area contributed by atoms with E-state index in [-0.39, 0.29) is 24.5 Å². The zero-order chi connectivity index (χ0) is 18.1. The number of benzene rings is 1. The molecule has 1 aromatic carbocycles. The number of carbonyl (C=O) groups is 1. The second kappa shape index (κ2) is 6.68. The fourth-order valence-electron chi connectivity index (χ4n) is 3.29. The minimum absolute atomic E-state index is 0.0905. The lowest BCUT2D eigenvalue weighted by Gasteiger charge is -2.12. The van der Waals surface area contributed by atoms with E-state index >= 15 is 0 Å². The van der Waals surface area contributed by atoms with E-state index in [1.807, 2.05) is 49.4 Å². The van der Waals surface area contributed by atoms with Crippen molar-refractivity contribution in [2.45, 2.75) is 19.4 Å². The zero-order valence-corrected chi connectivity index (χ0v) is 14.3. The molecule has 132 valence electrons. The lowest BCUT2D eigenvalue weighted by molar-refractivity contribution is 0.0935. The molecule has 1 aliphatic carbocycles. The summed E-state index contributed by atoms with van der Waals surface area (Å²) in [6.07, 6.45) is 6.28. The van der Waals surface area contributed by atoms with Gasteiger partial charge in [0.05, 0.1) is 16.9 Å². The van der Waals surface area contributed by atoms with Gasteiger partial charge in [0.2, 0.25) is 0 Å². The van der Waals surface area contributed by atoms with E-state index in [1.165, 1.54) is 0 Å². The predicted octanol–water partition coefficient (Wildman–Crippen LogP) is 1.79. The maximum Gasteiger partial charge on any atom is 0.274 e. The molecule has 2 heterocycles. The first-order chi connectivity index (χ1) is 12.7. The Morgan fingerprint density at radius 2 is 2.19 bits per heavy atom. The van der Waals surface area contributed by atoms with Crippen molar-refractivity contribution in [1.82, 2.24) is 25.3 Å². The van der Waals surface area contributed by atoms with Gasteiger partial charge in [-0.1, -0.05) is 23.4 Å². The Morgan fingerprint density at radius 3 is 3.00 bits per heavy atom. The molecule has 0 radical (unpaired) electrons. The van der Waals surface area contributed by atoms with E-state index in [0.717, 1.165) is 16.6 Å². The van der Waals surface area contributed by atoms with Crippen molar-refractivity contribution in [3.05, 3.63) is 60.1 Å². The highest BCUT2D eigenvalue weighted by molar-refractivity contribution is 5.94. The Hall–Kier alpha value is -3.06. The van der Waals surface area contributed by atoms with Crippen LogP contribution in [0.25, 0.3) is 16.6 Å². The third kappa shape index (κ3) is 2.86. The van der Waals surface area contributed by atoms with Gasteiger partial charge < -0.3 is 10.4 Å². The number of nitrogens with zero attached hydrogens (tertiary/aromatic N) is 4. The topological polar surface area (TPSA) is 92.9 Å². The van der Waals surface area contributed by atoms with Crippen molar-refractivity contribution in [3.8, 4) is 5.69 Å². The predicted molar refractivity (Wildman–Crippen MR) is 97.0 cm³/mol. The summed E-state index contributed by atoms with van der Waals surface area (Å²) < 4.78 is 1.67. The van der Waals surface area contributed by atoms with Crippen LogP contribution in [-0.4, -0.2) is 43.6 Å². The summed E-state index contributed by atoms with van der Waals surface area (Å²) in [6, 6.07) is 9.52. The molecule has 0 unspecified atom stereocenters. The molecular formula is C19H19N5O2. The number of fused-ring (bicyclic) bond motifs is 1. The van der Waals surface area contributed by atoms with Gasteiger partial charge in [-0.15, -0.1) is 5.10 Å². The quantitative estimate of drug-likeness (QED) is 0.701. The molecule has 26 heavy (non-hydrogen) atoms. The third-order valence-corrected chi connectivity index (χ3v) is 4.68. The molecule has 7 heteroatoms. The molecule has 0 bridgehead atoms. The highest BCUT2D eigenvalue weighted by Gasteiger charge is 2.24. The maximum absolute atomic E-state index is 12.6. The second-order valence-corrected chi connectivity index (χ2v) is 6.43. The summed E-state index contributed by atoms with van der Waals surface area (Å²) in [5.74, 6) is -0.166. The van der Waals surface area contributed by atoms with E-state index in [4.69, 9.17) is 0 Å². The fourth-order valence-corrected chi connectivity index (χ4v) is 3.29. The van der Waals surface area contributed by atoms with E-state index in [0.29, 0.717) is 17.8 Å². The number of aliphatic hydroxyl groups is 1. The van der Waals surface area contributed by atoms with Crippen LogP contribution in [0.3, 0.4) is 0 Å². The summed E-state index contributed by atoms with van der Waals surface area (Å²) in [5.41, 5.74) is 2.66. The van der Waals surface area contributed by atoms with Crippen molar-refractivity contribution in [3.63, 3.8) is 0 Å². The van der Waals surface area contributed by atoms with Crippen LogP contribution in [0.1, 0.15) is 22.6 Å². The molecule has 2 atom stereocenters. The van der Waals surface area contributed by atoms with E-state index < -0.39 is 0 Å². The van der Waals surface area contributed by atoms with Crippen LogP contribution < -0.4 is 5.32 Å². The molecule has 0 spiro atoms. The Bertz CT molecular complexity index is 989. The Kier molecular flexibility index (Phi) is 4.22. The smallest absolute Gasteiger partial charge is 0.274 e. The van der Waals surface area contributed by atoms with Gasteiger partial charge >= 0.3 is 0 Å². The lowest BCUT2D eigenvalue weighted by atomic mass is 10.1. The van der Waals surface area contributed by atoms with Gasteiger partial charge in [-0.2, -0.15) is 0 Å². The van der Waals surface area contributed by atoms with Gasteiger partial charge in [-0.25, -0.2) is 4.68 Å². The SMILES string of the molecule is Cc1c(C(=O)N[C@@H]2C=C[C@H](CO)C2)nnn1-c1cccc2ncccc12. The van der Waals surface area contributed by atoms with Crippen LogP contribution in [0.15, 0.2) is 48.7 Å². The highest BCUT2D eigenvalue weighted by atomic mass is 16.3. The molecule has 0 saturated carbocycles. The summed E-state index contributed by atoms with van der Waals surface area (Å²) in [4.78, 5) is 16.9. The molecule has 0 aliphatic heterocycles. The summed E-state index contributed by atoms with van der Waals surface area (Å²) in [6.45, 7) is 1.92. The number of rotatable bonds is 4. The van der Waals surface area contributed by atoms with Crippen molar-refractivity contribution in [1.29, 1.82) is 0 Å². The first-order valence-corrected chi connectivity index (χ1v) is 8.54. The Balaban J connectivity index is 1.62. The summed E-state index contributed by atoms with van der Waals surface area (Å²) >= 11 is 0. The van der Waals surface area contributed by atoms with E-state index in [1.54, 1.807) is 10.9 Å². The third-order valence-electron chi connectivity index (χ3n) is 4.68. The van der Waals surface area contributed by atoms with Crippen molar-refractivity contribution in [2.24, 2.45) is 5.92 Å². The number of aromatic nitrogens is 4. The zero-order valence-electron chi connectivity index (χ0n) is 14.3. The molecular weight excluding hydrogens is 330 g/mol. The molecule has 0 saturated heterocycles. The lowest BCUT2D eigenvalue weighted by Crippen LogP contribution is -2.33. The number of pyridine rings is 1. The Morgan fingerprint density at radius 1 is 1.31 bits per heavy atom. The highest BCUT2D eigenvalue weighted by Crippen LogP contribution is 2.22. The van der Waals surface area contributed by atoms with Crippen molar-refractivity contribution in [2.75, 3.05) is 6.61 Å². The second-order valence-electron chi connectivity index (χ2n) is 6.43. The van der Waals surface area contributed by atoms with Crippen molar-refractivity contribution >= 4 is 16.8 Å². The maximum atomic E-state index is 12.6. The minimum Gasteiger partial charge on any atom is -0.396 e. The first kappa shape index (κ1) is 16.4. The van der Waals surface area contributed by atoms with Crippen LogP contribution in [0.4, 0.5) is 0 Å². The van der Waals surface area contributed by atoms with Crippen LogP contribution in [0, 0.1) is 12.8 Å². The number of carbonyl (C=O) groups excluding carboxylic acids is 1. The Labute approximate surface area is 150 Å². The first-order valence-electron chi connectivity index (χ1n) is 8.54. The molecule has 3 aromatic rings. The van der Waals surface area contributed by atoms with Gasteiger partial charge in [-0.05, 0) is 37.6 Å². The molecule has 0 fully saturated rings. The van der Waals surface area contributed by atoms with Gasteiger partial charge in [0, 0.05) is 30.1 Å². The van der Waals surface area contributed by atoms with Gasteiger partial charge in [-0.3, -0.25) is 9.78 Å². The minimum atomic E-state index is -0.264. The normalized spacial score (nSPS) is 19.2. The van der Waals surface area contributed by atoms with Crippen LogP contribution in [0.2, 0.25) is 0 Å². The monoisotopic (exact) mass is 349 g/mol. The van der Waals surface area contributed by atoms with Crippen molar-refractivity contribution < 1.29 is 9.90 Å². The molecule has 4 rings (SSSR count). The van der Waals surface area contributed by atoms with Gasteiger partial charge in [0.1, 0.15) is 0 Å². The number of amides is 1. The average molecular weight is 349 g/mol. The van der Waals surface area contributed by atoms with E-state index in [9.17, 15) is 9.90 Å². The number of nitrogens with one attached hydrogen (secondary N) is 1.